The lowest BCUT2D eigenvalue weighted by Crippen LogP contribution is -2.38. The lowest BCUT2D eigenvalue weighted by molar-refractivity contribution is 0.440. The average Bonchev–Trinajstić information content (AvgIpc) is 3.18. The van der Waals surface area contributed by atoms with Crippen molar-refractivity contribution in [3.05, 3.63) is 51.7 Å². The molecular weight excluding hydrogens is 338 g/mol. The minimum Gasteiger partial charge on any atom is -0.210 e. The zero-order valence-corrected chi connectivity index (χ0v) is 14.5. The first-order valence-corrected chi connectivity index (χ1v) is 10.1. The van der Waals surface area contributed by atoms with Crippen molar-refractivity contribution in [1.82, 2.24) is 4.72 Å². The Morgan fingerprint density at radius 1 is 1.14 bits per heavy atom. The predicted octanol–water partition coefficient (Wildman–Crippen LogP) is 4.19. The quantitative estimate of drug-likeness (QED) is 0.874. The Labute approximate surface area is 140 Å². The van der Waals surface area contributed by atoms with Gasteiger partial charge in [-0.1, -0.05) is 30.5 Å². The number of nitrogens with one attached hydrogen (secondary N) is 1. The van der Waals surface area contributed by atoms with Gasteiger partial charge in [0.15, 0.2) is 0 Å². The third-order valence-corrected chi connectivity index (χ3v) is 7.11. The first-order valence-electron chi connectivity index (χ1n) is 7.31. The van der Waals surface area contributed by atoms with E-state index in [2.05, 4.69) is 16.2 Å². The monoisotopic (exact) mass is 355 g/mol. The standard InChI is InChI=1S/C16H18ClNO2S2/c17-13-5-7-14(8-6-13)22(19,20)18-12-16(9-1-2-10-16)15-4-3-11-21-15/h3-8,11,18H,1-2,9-10,12H2. The highest BCUT2D eigenvalue weighted by molar-refractivity contribution is 7.89. The third-order valence-electron chi connectivity index (χ3n) is 4.33. The zero-order chi connectivity index (χ0) is 15.6. The highest BCUT2D eigenvalue weighted by Gasteiger charge is 2.37. The van der Waals surface area contributed by atoms with Gasteiger partial charge in [-0.05, 0) is 48.6 Å². The number of halogens is 1. The number of benzene rings is 1. The molecule has 22 heavy (non-hydrogen) atoms. The lowest BCUT2D eigenvalue weighted by Gasteiger charge is -2.28. The molecule has 1 fully saturated rings. The van der Waals surface area contributed by atoms with Gasteiger partial charge in [0.2, 0.25) is 10.0 Å². The van der Waals surface area contributed by atoms with Crippen molar-refractivity contribution >= 4 is 33.0 Å². The van der Waals surface area contributed by atoms with Gasteiger partial charge in [0, 0.05) is 21.9 Å². The maximum Gasteiger partial charge on any atom is 0.240 e. The molecule has 0 bridgehead atoms. The van der Waals surface area contributed by atoms with Gasteiger partial charge in [0.25, 0.3) is 0 Å². The molecule has 1 saturated carbocycles. The van der Waals surface area contributed by atoms with Crippen molar-refractivity contribution in [2.45, 2.75) is 36.0 Å². The summed E-state index contributed by atoms with van der Waals surface area (Å²) in [5.74, 6) is 0. The van der Waals surface area contributed by atoms with Crippen molar-refractivity contribution in [2.75, 3.05) is 6.54 Å². The first kappa shape index (κ1) is 16.0. The largest absolute Gasteiger partial charge is 0.240 e. The van der Waals surface area contributed by atoms with E-state index in [0.29, 0.717) is 11.6 Å². The second kappa shape index (κ2) is 6.32. The molecule has 3 rings (SSSR count). The van der Waals surface area contributed by atoms with Crippen LogP contribution in [-0.4, -0.2) is 15.0 Å². The summed E-state index contributed by atoms with van der Waals surface area (Å²) in [6, 6.07) is 10.4. The van der Waals surface area contributed by atoms with E-state index in [9.17, 15) is 8.42 Å². The van der Waals surface area contributed by atoms with E-state index in [-0.39, 0.29) is 10.3 Å². The van der Waals surface area contributed by atoms with Gasteiger partial charge in [0.1, 0.15) is 0 Å². The topological polar surface area (TPSA) is 46.2 Å². The minimum absolute atomic E-state index is 0.0480. The molecule has 1 N–H and O–H groups in total. The van der Waals surface area contributed by atoms with Gasteiger partial charge < -0.3 is 0 Å². The van der Waals surface area contributed by atoms with E-state index in [1.165, 1.54) is 17.0 Å². The summed E-state index contributed by atoms with van der Waals surface area (Å²) in [4.78, 5) is 1.54. The highest BCUT2D eigenvalue weighted by Crippen LogP contribution is 2.42. The van der Waals surface area contributed by atoms with E-state index in [0.717, 1.165) is 25.7 Å². The van der Waals surface area contributed by atoms with Crippen LogP contribution in [0, 0.1) is 0 Å². The predicted molar refractivity (Wildman–Crippen MR) is 91.1 cm³/mol. The van der Waals surface area contributed by atoms with E-state index in [1.54, 1.807) is 23.5 Å². The Kier molecular flexibility index (Phi) is 4.59. The van der Waals surface area contributed by atoms with Crippen LogP contribution in [0.25, 0.3) is 0 Å². The summed E-state index contributed by atoms with van der Waals surface area (Å²) < 4.78 is 27.7. The van der Waals surface area contributed by atoms with Gasteiger partial charge in [-0.2, -0.15) is 0 Å². The first-order chi connectivity index (χ1) is 10.5. The number of hydrogen-bond donors (Lipinski definition) is 1. The summed E-state index contributed by atoms with van der Waals surface area (Å²) in [5, 5.41) is 2.59. The fourth-order valence-corrected chi connectivity index (χ4v) is 5.31. The summed E-state index contributed by atoms with van der Waals surface area (Å²) in [6.07, 6.45) is 4.38. The van der Waals surface area contributed by atoms with Crippen LogP contribution in [0.1, 0.15) is 30.6 Å². The molecule has 0 spiro atoms. The van der Waals surface area contributed by atoms with E-state index >= 15 is 0 Å². The summed E-state index contributed by atoms with van der Waals surface area (Å²) in [6.45, 7) is 0.457. The number of hydrogen-bond acceptors (Lipinski definition) is 3. The minimum atomic E-state index is -3.50. The Bertz CT molecular complexity index is 718. The maximum atomic E-state index is 12.5. The van der Waals surface area contributed by atoms with Crippen LogP contribution < -0.4 is 4.72 Å². The fourth-order valence-electron chi connectivity index (χ4n) is 3.07. The molecule has 1 aliphatic rings. The normalized spacial score (nSPS) is 17.7. The van der Waals surface area contributed by atoms with Crippen molar-refractivity contribution in [2.24, 2.45) is 0 Å². The molecule has 0 radical (unpaired) electrons. The van der Waals surface area contributed by atoms with Crippen molar-refractivity contribution in [3.8, 4) is 0 Å². The van der Waals surface area contributed by atoms with Crippen molar-refractivity contribution in [1.29, 1.82) is 0 Å². The number of rotatable bonds is 5. The molecule has 0 amide bonds. The molecule has 1 aromatic heterocycles. The molecule has 0 unspecified atom stereocenters. The van der Waals surface area contributed by atoms with Gasteiger partial charge in [-0.15, -0.1) is 11.3 Å². The second-order valence-corrected chi connectivity index (χ2v) is 8.89. The van der Waals surface area contributed by atoms with Crippen LogP contribution in [-0.2, 0) is 15.4 Å². The lowest BCUT2D eigenvalue weighted by atomic mass is 9.85. The molecule has 118 valence electrons. The maximum absolute atomic E-state index is 12.5. The molecule has 1 aromatic carbocycles. The Morgan fingerprint density at radius 3 is 2.41 bits per heavy atom. The van der Waals surface area contributed by atoms with Crippen LogP contribution in [0.5, 0.6) is 0 Å². The average molecular weight is 356 g/mol. The van der Waals surface area contributed by atoms with E-state index in [4.69, 9.17) is 11.6 Å². The zero-order valence-electron chi connectivity index (χ0n) is 12.1. The molecule has 2 aromatic rings. The Balaban J connectivity index is 1.79. The molecule has 0 atom stereocenters. The fraction of sp³-hybridized carbons (Fsp3) is 0.375. The molecule has 1 aliphatic carbocycles. The van der Waals surface area contributed by atoms with Crippen LogP contribution in [0.15, 0.2) is 46.7 Å². The second-order valence-electron chi connectivity index (χ2n) is 5.74. The van der Waals surface area contributed by atoms with Gasteiger partial charge in [-0.3, -0.25) is 0 Å². The van der Waals surface area contributed by atoms with Crippen LogP contribution in [0.3, 0.4) is 0 Å². The van der Waals surface area contributed by atoms with Gasteiger partial charge in [-0.25, -0.2) is 13.1 Å². The van der Waals surface area contributed by atoms with Crippen LogP contribution >= 0.6 is 22.9 Å². The van der Waals surface area contributed by atoms with Crippen LogP contribution in [0.2, 0.25) is 5.02 Å². The Morgan fingerprint density at radius 2 is 1.82 bits per heavy atom. The van der Waals surface area contributed by atoms with Crippen LogP contribution in [0.4, 0.5) is 0 Å². The highest BCUT2D eigenvalue weighted by atomic mass is 35.5. The SMILES string of the molecule is O=S(=O)(NCC1(c2cccs2)CCCC1)c1ccc(Cl)cc1. The summed E-state index contributed by atoms with van der Waals surface area (Å²) >= 11 is 7.53. The number of sulfonamides is 1. The molecule has 0 saturated heterocycles. The third kappa shape index (κ3) is 3.23. The van der Waals surface area contributed by atoms with Gasteiger partial charge >= 0.3 is 0 Å². The molecule has 1 heterocycles. The smallest absolute Gasteiger partial charge is 0.210 e. The molecule has 3 nitrogen and oxygen atoms in total. The van der Waals surface area contributed by atoms with Crippen molar-refractivity contribution < 1.29 is 8.42 Å². The molecule has 6 heteroatoms. The van der Waals surface area contributed by atoms with Crippen molar-refractivity contribution in [3.63, 3.8) is 0 Å². The summed E-state index contributed by atoms with van der Waals surface area (Å²) in [7, 11) is -3.50. The molecular formula is C16H18ClNO2S2. The number of thiophene rings is 1. The van der Waals surface area contributed by atoms with Gasteiger partial charge in [0.05, 0.1) is 4.90 Å². The van der Waals surface area contributed by atoms with E-state index < -0.39 is 10.0 Å². The Hall–Kier alpha value is -0.880. The molecule has 0 aliphatic heterocycles. The van der Waals surface area contributed by atoms with E-state index in [1.807, 2.05) is 6.07 Å². The summed E-state index contributed by atoms with van der Waals surface area (Å²) in [5.41, 5.74) is -0.0480.